The summed E-state index contributed by atoms with van der Waals surface area (Å²) in [6, 6.07) is 1.00. The highest BCUT2D eigenvalue weighted by atomic mass is 19.3. The van der Waals surface area contributed by atoms with Crippen LogP contribution in [0, 0.1) is 0 Å². The fourth-order valence-electron chi connectivity index (χ4n) is 1.25. The van der Waals surface area contributed by atoms with Gasteiger partial charge in [-0.2, -0.15) is 0 Å². The Labute approximate surface area is 96.2 Å². The Morgan fingerprint density at radius 2 is 2.29 bits per heavy atom. The third kappa shape index (κ3) is 2.88. The molecule has 0 atom stereocenters. The van der Waals surface area contributed by atoms with E-state index in [2.05, 4.69) is 9.72 Å². The number of hydrogen-bond donors (Lipinski definition) is 2. The molecule has 94 valence electrons. The highest BCUT2D eigenvalue weighted by molar-refractivity contribution is 5.89. The topological polar surface area (TPSA) is 85.4 Å². The van der Waals surface area contributed by atoms with Gasteiger partial charge in [-0.05, 0) is 13.0 Å². The van der Waals surface area contributed by atoms with E-state index in [1.165, 1.54) is 0 Å². The zero-order chi connectivity index (χ0) is 13.0. The van der Waals surface area contributed by atoms with Crippen LogP contribution in [0.25, 0.3) is 0 Å². The van der Waals surface area contributed by atoms with Crippen molar-refractivity contribution < 1.29 is 23.4 Å². The molecule has 0 aliphatic heterocycles. The summed E-state index contributed by atoms with van der Waals surface area (Å²) in [6.45, 7) is 1.56. The molecular weight excluding hydrogens is 234 g/mol. The molecule has 1 rings (SSSR count). The van der Waals surface area contributed by atoms with E-state index in [-0.39, 0.29) is 24.4 Å². The Bertz CT molecular complexity index is 424. The Kier molecular flexibility index (Phi) is 4.33. The fourth-order valence-corrected chi connectivity index (χ4v) is 1.25. The van der Waals surface area contributed by atoms with Crippen LogP contribution in [-0.4, -0.2) is 22.7 Å². The Balaban J connectivity index is 3.26. The van der Waals surface area contributed by atoms with E-state index in [9.17, 15) is 18.7 Å². The first kappa shape index (κ1) is 13.3. The minimum absolute atomic E-state index is 0.0927. The first-order valence-corrected chi connectivity index (χ1v) is 4.89. The molecule has 0 aromatic carbocycles. The second-order valence-corrected chi connectivity index (χ2v) is 3.13. The molecule has 0 fully saturated rings. The summed E-state index contributed by atoms with van der Waals surface area (Å²) < 4.78 is 29.6. The number of carbonyl (C=O) groups is 1. The van der Waals surface area contributed by atoms with Crippen LogP contribution >= 0.6 is 0 Å². The largest absolute Gasteiger partial charge is 0.506 e. The van der Waals surface area contributed by atoms with Gasteiger partial charge in [0.1, 0.15) is 11.4 Å². The summed E-state index contributed by atoms with van der Waals surface area (Å²) in [4.78, 5) is 14.9. The van der Waals surface area contributed by atoms with Gasteiger partial charge in [0.15, 0.2) is 5.69 Å². The van der Waals surface area contributed by atoms with Gasteiger partial charge < -0.3 is 15.6 Å². The third-order valence-corrected chi connectivity index (χ3v) is 2.01. The van der Waals surface area contributed by atoms with Gasteiger partial charge in [-0.3, -0.25) is 0 Å². The number of hydrogen-bond acceptors (Lipinski definition) is 5. The second kappa shape index (κ2) is 5.53. The molecular formula is C10H12F2N2O3. The monoisotopic (exact) mass is 246 g/mol. The SMILES string of the molecule is CCOC(=O)c1nc(C(F)F)c(O)cc1CN. The molecule has 0 saturated carbocycles. The van der Waals surface area contributed by atoms with Crippen molar-refractivity contribution >= 4 is 5.97 Å². The third-order valence-electron chi connectivity index (χ3n) is 2.01. The molecule has 0 radical (unpaired) electrons. The lowest BCUT2D eigenvalue weighted by atomic mass is 10.1. The molecule has 1 aromatic heterocycles. The number of aromatic nitrogens is 1. The predicted octanol–water partition coefficient (Wildman–Crippen LogP) is 1.36. The molecule has 0 bridgehead atoms. The zero-order valence-electron chi connectivity index (χ0n) is 9.11. The van der Waals surface area contributed by atoms with E-state index in [4.69, 9.17) is 5.73 Å². The van der Waals surface area contributed by atoms with Crippen molar-refractivity contribution in [2.45, 2.75) is 19.9 Å². The van der Waals surface area contributed by atoms with Crippen LogP contribution < -0.4 is 5.73 Å². The molecule has 3 N–H and O–H groups in total. The normalized spacial score (nSPS) is 10.6. The summed E-state index contributed by atoms with van der Waals surface area (Å²) in [5.41, 5.74) is 4.35. The Hall–Kier alpha value is -1.76. The Morgan fingerprint density at radius 1 is 1.65 bits per heavy atom. The van der Waals surface area contributed by atoms with Crippen molar-refractivity contribution in [3.8, 4) is 5.75 Å². The van der Waals surface area contributed by atoms with Gasteiger partial charge in [-0.15, -0.1) is 0 Å². The number of nitrogens with two attached hydrogens (primary N) is 1. The molecule has 17 heavy (non-hydrogen) atoms. The lowest BCUT2D eigenvalue weighted by molar-refractivity contribution is 0.0516. The number of rotatable bonds is 4. The van der Waals surface area contributed by atoms with E-state index in [0.29, 0.717) is 0 Å². The number of alkyl halides is 2. The van der Waals surface area contributed by atoms with Gasteiger partial charge in [0.2, 0.25) is 0 Å². The van der Waals surface area contributed by atoms with Gasteiger partial charge in [-0.25, -0.2) is 18.6 Å². The van der Waals surface area contributed by atoms with Crippen molar-refractivity contribution in [3.63, 3.8) is 0 Å². The summed E-state index contributed by atoms with van der Waals surface area (Å²) in [6.07, 6.45) is -2.98. The minimum atomic E-state index is -2.98. The van der Waals surface area contributed by atoms with E-state index in [1.807, 2.05) is 0 Å². The fraction of sp³-hybridized carbons (Fsp3) is 0.400. The van der Waals surface area contributed by atoms with Gasteiger partial charge >= 0.3 is 5.97 Å². The zero-order valence-corrected chi connectivity index (χ0v) is 9.11. The molecule has 0 unspecified atom stereocenters. The molecule has 5 nitrogen and oxygen atoms in total. The molecule has 0 saturated heterocycles. The molecule has 1 heterocycles. The number of esters is 1. The Morgan fingerprint density at radius 3 is 2.76 bits per heavy atom. The molecule has 7 heteroatoms. The molecule has 0 aliphatic rings. The van der Waals surface area contributed by atoms with Crippen molar-refractivity contribution in [2.24, 2.45) is 5.73 Å². The molecule has 0 amide bonds. The lowest BCUT2D eigenvalue weighted by Gasteiger charge is -2.10. The smallest absolute Gasteiger partial charge is 0.357 e. The van der Waals surface area contributed by atoms with E-state index < -0.39 is 23.8 Å². The van der Waals surface area contributed by atoms with Crippen molar-refractivity contribution in [1.29, 1.82) is 0 Å². The molecule has 0 spiro atoms. The van der Waals surface area contributed by atoms with Crippen LogP contribution in [0.1, 0.15) is 35.1 Å². The second-order valence-electron chi connectivity index (χ2n) is 3.13. The number of nitrogens with zero attached hydrogens (tertiary/aromatic N) is 1. The quantitative estimate of drug-likeness (QED) is 0.783. The highest BCUT2D eigenvalue weighted by Crippen LogP contribution is 2.28. The molecule has 1 aromatic rings. The standard InChI is InChI=1S/C10H12F2N2O3/c1-2-17-10(16)7-5(4-13)3-6(15)8(14-7)9(11)12/h3,9,15H,2,4,13H2,1H3. The predicted molar refractivity (Wildman–Crippen MR) is 54.7 cm³/mol. The van der Waals surface area contributed by atoms with E-state index >= 15 is 0 Å². The summed E-state index contributed by atoms with van der Waals surface area (Å²) in [5, 5.41) is 9.28. The number of pyridine rings is 1. The van der Waals surface area contributed by atoms with Crippen molar-refractivity contribution in [1.82, 2.24) is 4.98 Å². The van der Waals surface area contributed by atoms with Crippen molar-refractivity contribution in [3.05, 3.63) is 23.0 Å². The highest BCUT2D eigenvalue weighted by Gasteiger charge is 2.22. The number of halogens is 2. The van der Waals surface area contributed by atoms with Gasteiger partial charge in [0, 0.05) is 12.1 Å². The maximum atomic E-state index is 12.5. The van der Waals surface area contributed by atoms with Gasteiger partial charge in [-0.1, -0.05) is 0 Å². The van der Waals surface area contributed by atoms with E-state index in [1.54, 1.807) is 6.92 Å². The minimum Gasteiger partial charge on any atom is -0.506 e. The average molecular weight is 246 g/mol. The van der Waals surface area contributed by atoms with E-state index in [0.717, 1.165) is 6.07 Å². The number of carbonyl (C=O) groups excluding carboxylic acids is 1. The average Bonchev–Trinajstić information content (AvgIpc) is 2.28. The first-order chi connectivity index (χ1) is 8.01. The summed E-state index contributed by atoms with van der Waals surface area (Å²) >= 11 is 0. The first-order valence-electron chi connectivity index (χ1n) is 4.89. The summed E-state index contributed by atoms with van der Waals surface area (Å²) in [7, 11) is 0. The lowest BCUT2D eigenvalue weighted by Crippen LogP contribution is -2.14. The van der Waals surface area contributed by atoms with Crippen LogP contribution in [-0.2, 0) is 11.3 Å². The summed E-state index contributed by atoms with van der Waals surface area (Å²) in [5.74, 6) is -1.52. The van der Waals surface area contributed by atoms with Crippen LogP contribution in [0.3, 0.4) is 0 Å². The van der Waals surface area contributed by atoms with Gasteiger partial charge in [0.05, 0.1) is 6.61 Å². The maximum absolute atomic E-state index is 12.5. The molecule has 0 aliphatic carbocycles. The van der Waals surface area contributed by atoms with Crippen molar-refractivity contribution in [2.75, 3.05) is 6.61 Å². The maximum Gasteiger partial charge on any atom is 0.357 e. The van der Waals surface area contributed by atoms with Gasteiger partial charge in [0.25, 0.3) is 6.43 Å². The van der Waals surface area contributed by atoms with Crippen LogP contribution in [0.2, 0.25) is 0 Å². The van der Waals surface area contributed by atoms with Crippen LogP contribution in [0.15, 0.2) is 6.07 Å². The van der Waals surface area contributed by atoms with Crippen LogP contribution in [0.4, 0.5) is 8.78 Å². The number of ether oxygens (including phenoxy) is 1. The number of aromatic hydroxyl groups is 1. The van der Waals surface area contributed by atoms with Crippen LogP contribution in [0.5, 0.6) is 5.75 Å².